The Labute approximate surface area is 120 Å². The van der Waals surface area contributed by atoms with Gasteiger partial charge in [0.15, 0.2) is 0 Å². The van der Waals surface area contributed by atoms with Crippen molar-refractivity contribution in [1.29, 1.82) is 0 Å². The van der Waals surface area contributed by atoms with Crippen molar-refractivity contribution in [3.63, 3.8) is 0 Å². The summed E-state index contributed by atoms with van der Waals surface area (Å²) in [7, 11) is 0. The standard InChI is InChI=1S/C17H34N2/c1-3-11-18-17-9-7-5-6-8-16(17)14-19-12-10-15(4-2)13-19/h15-18H,3-14H2,1-2H3. The van der Waals surface area contributed by atoms with E-state index in [0.717, 1.165) is 17.9 Å². The van der Waals surface area contributed by atoms with Crippen LogP contribution in [0.2, 0.25) is 0 Å². The van der Waals surface area contributed by atoms with Gasteiger partial charge in [-0.2, -0.15) is 0 Å². The highest BCUT2D eigenvalue weighted by atomic mass is 15.2. The van der Waals surface area contributed by atoms with Crippen molar-refractivity contribution in [3.05, 3.63) is 0 Å². The molecule has 2 heteroatoms. The first kappa shape index (κ1) is 15.3. The summed E-state index contributed by atoms with van der Waals surface area (Å²) in [4.78, 5) is 2.75. The molecule has 0 spiro atoms. The SMILES string of the molecule is CCCNC1CCCCCC1CN1CCC(CC)C1. The molecule has 1 heterocycles. The van der Waals surface area contributed by atoms with Gasteiger partial charge in [0.25, 0.3) is 0 Å². The number of rotatable bonds is 6. The highest BCUT2D eigenvalue weighted by molar-refractivity contribution is 4.84. The lowest BCUT2D eigenvalue weighted by Gasteiger charge is -2.30. The van der Waals surface area contributed by atoms with Crippen molar-refractivity contribution >= 4 is 0 Å². The van der Waals surface area contributed by atoms with Crippen LogP contribution in [0.15, 0.2) is 0 Å². The lowest BCUT2D eigenvalue weighted by molar-refractivity contribution is 0.218. The molecule has 3 atom stereocenters. The van der Waals surface area contributed by atoms with E-state index in [1.807, 2.05) is 0 Å². The molecular formula is C17H34N2. The molecule has 0 bridgehead atoms. The molecule has 2 nitrogen and oxygen atoms in total. The van der Waals surface area contributed by atoms with E-state index in [2.05, 4.69) is 24.1 Å². The van der Waals surface area contributed by atoms with Gasteiger partial charge in [-0.25, -0.2) is 0 Å². The molecule has 3 unspecified atom stereocenters. The summed E-state index contributed by atoms with van der Waals surface area (Å²) in [6.07, 6.45) is 11.3. The molecule has 1 aliphatic carbocycles. The van der Waals surface area contributed by atoms with Gasteiger partial charge in [-0.05, 0) is 50.6 Å². The molecule has 2 rings (SSSR count). The van der Waals surface area contributed by atoms with Crippen molar-refractivity contribution in [3.8, 4) is 0 Å². The zero-order valence-electron chi connectivity index (χ0n) is 13.2. The average Bonchev–Trinajstić information content (AvgIpc) is 2.77. The Morgan fingerprint density at radius 1 is 1.05 bits per heavy atom. The van der Waals surface area contributed by atoms with Gasteiger partial charge in [-0.15, -0.1) is 0 Å². The van der Waals surface area contributed by atoms with Gasteiger partial charge in [0, 0.05) is 19.1 Å². The van der Waals surface area contributed by atoms with Gasteiger partial charge >= 0.3 is 0 Å². The van der Waals surface area contributed by atoms with Gasteiger partial charge in [-0.1, -0.05) is 39.5 Å². The van der Waals surface area contributed by atoms with E-state index < -0.39 is 0 Å². The Morgan fingerprint density at radius 3 is 2.63 bits per heavy atom. The quantitative estimate of drug-likeness (QED) is 0.738. The van der Waals surface area contributed by atoms with E-state index in [1.54, 1.807) is 0 Å². The summed E-state index contributed by atoms with van der Waals surface area (Å²) >= 11 is 0. The monoisotopic (exact) mass is 266 g/mol. The van der Waals surface area contributed by atoms with Crippen LogP contribution in [0, 0.1) is 11.8 Å². The first-order chi connectivity index (χ1) is 9.33. The van der Waals surface area contributed by atoms with Crippen molar-refractivity contribution in [2.45, 2.75) is 71.3 Å². The van der Waals surface area contributed by atoms with Gasteiger partial charge in [-0.3, -0.25) is 0 Å². The van der Waals surface area contributed by atoms with Crippen LogP contribution in [-0.2, 0) is 0 Å². The number of nitrogens with one attached hydrogen (secondary N) is 1. The highest BCUT2D eigenvalue weighted by Gasteiger charge is 2.28. The molecule has 0 aromatic carbocycles. The number of nitrogens with zero attached hydrogens (tertiary/aromatic N) is 1. The van der Waals surface area contributed by atoms with Crippen LogP contribution in [0.3, 0.4) is 0 Å². The first-order valence-electron chi connectivity index (χ1n) is 8.79. The molecule has 0 aromatic heterocycles. The van der Waals surface area contributed by atoms with Crippen LogP contribution in [0.4, 0.5) is 0 Å². The second-order valence-electron chi connectivity index (χ2n) is 6.78. The second-order valence-corrected chi connectivity index (χ2v) is 6.78. The predicted octanol–water partition coefficient (Wildman–Crippen LogP) is 3.67. The third-order valence-electron chi connectivity index (χ3n) is 5.26. The summed E-state index contributed by atoms with van der Waals surface area (Å²) < 4.78 is 0. The lowest BCUT2D eigenvalue weighted by Crippen LogP contribution is -2.41. The molecule has 0 aromatic rings. The summed E-state index contributed by atoms with van der Waals surface area (Å²) in [6.45, 7) is 9.93. The van der Waals surface area contributed by atoms with Crippen LogP contribution in [-0.4, -0.2) is 37.1 Å². The van der Waals surface area contributed by atoms with Crippen molar-refractivity contribution in [2.75, 3.05) is 26.2 Å². The topological polar surface area (TPSA) is 15.3 Å². The lowest BCUT2D eigenvalue weighted by atomic mass is 9.94. The minimum Gasteiger partial charge on any atom is -0.314 e. The van der Waals surface area contributed by atoms with E-state index in [0.29, 0.717) is 0 Å². The predicted molar refractivity (Wildman–Crippen MR) is 83.5 cm³/mol. The van der Waals surface area contributed by atoms with Gasteiger partial charge in [0.2, 0.25) is 0 Å². The summed E-state index contributed by atoms with van der Waals surface area (Å²) in [5, 5.41) is 3.83. The minimum atomic E-state index is 0.795. The van der Waals surface area contributed by atoms with Crippen molar-refractivity contribution < 1.29 is 0 Å². The zero-order valence-corrected chi connectivity index (χ0v) is 13.2. The molecule has 19 heavy (non-hydrogen) atoms. The van der Waals surface area contributed by atoms with Gasteiger partial charge < -0.3 is 10.2 Å². The van der Waals surface area contributed by atoms with Crippen molar-refractivity contribution in [1.82, 2.24) is 10.2 Å². The second kappa shape index (κ2) is 8.26. The fourth-order valence-electron chi connectivity index (χ4n) is 3.94. The van der Waals surface area contributed by atoms with Crippen LogP contribution in [0.5, 0.6) is 0 Å². The summed E-state index contributed by atoms with van der Waals surface area (Å²) in [5.41, 5.74) is 0. The smallest absolute Gasteiger partial charge is 0.0107 e. The van der Waals surface area contributed by atoms with Crippen molar-refractivity contribution in [2.24, 2.45) is 11.8 Å². The van der Waals surface area contributed by atoms with Crippen LogP contribution >= 0.6 is 0 Å². The molecule has 1 saturated carbocycles. The maximum Gasteiger partial charge on any atom is 0.0107 e. The third-order valence-corrected chi connectivity index (χ3v) is 5.26. The normalized spacial score (nSPS) is 33.5. The average molecular weight is 266 g/mol. The number of hydrogen-bond acceptors (Lipinski definition) is 2. The number of likely N-dealkylation sites (tertiary alicyclic amines) is 1. The largest absolute Gasteiger partial charge is 0.314 e. The maximum absolute atomic E-state index is 3.83. The summed E-state index contributed by atoms with van der Waals surface area (Å²) in [6, 6.07) is 0.795. The molecule has 112 valence electrons. The van der Waals surface area contributed by atoms with Crippen LogP contribution in [0.25, 0.3) is 0 Å². The van der Waals surface area contributed by atoms with E-state index >= 15 is 0 Å². The van der Waals surface area contributed by atoms with E-state index in [-0.39, 0.29) is 0 Å². The molecular weight excluding hydrogens is 232 g/mol. The summed E-state index contributed by atoms with van der Waals surface area (Å²) in [5.74, 6) is 1.89. The minimum absolute atomic E-state index is 0.795. The Morgan fingerprint density at radius 2 is 1.89 bits per heavy atom. The third kappa shape index (κ3) is 4.75. The van der Waals surface area contributed by atoms with E-state index in [9.17, 15) is 0 Å². The van der Waals surface area contributed by atoms with Crippen LogP contribution in [0.1, 0.15) is 65.2 Å². The molecule has 0 radical (unpaired) electrons. The molecule has 2 fully saturated rings. The van der Waals surface area contributed by atoms with Gasteiger partial charge in [0.1, 0.15) is 0 Å². The zero-order chi connectivity index (χ0) is 13.5. The van der Waals surface area contributed by atoms with Crippen LogP contribution < -0.4 is 5.32 Å². The van der Waals surface area contributed by atoms with Gasteiger partial charge in [0.05, 0.1) is 0 Å². The maximum atomic E-state index is 3.83. The van der Waals surface area contributed by atoms with E-state index in [1.165, 1.54) is 77.5 Å². The fraction of sp³-hybridized carbons (Fsp3) is 1.00. The fourth-order valence-corrected chi connectivity index (χ4v) is 3.94. The molecule has 1 N–H and O–H groups in total. The Bertz CT molecular complexity index is 241. The van der Waals surface area contributed by atoms with E-state index in [4.69, 9.17) is 0 Å². The number of hydrogen-bond donors (Lipinski definition) is 1. The Kier molecular flexibility index (Phi) is 6.66. The Hall–Kier alpha value is -0.0800. The molecule has 1 saturated heterocycles. The molecule has 0 amide bonds. The Balaban J connectivity index is 1.83. The first-order valence-corrected chi connectivity index (χ1v) is 8.79. The highest BCUT2D eigenvalue weighted by Crippen LogP contribution is 2.27. The molecule has 1 aliphatic heterocycles. The molecule has 2 aliphatic rings.